The maximum atomic E-state index is 17.2. The topological polar surface area (TPSA) is 105 Å². The number of nitrogens with zero attached hydrogens (tertiary/aromatic N) is 6. The molecule has 0 saturated carbocycles. The molecule has 0 spiro atoms. The molecule has 242 valence electrons. The molecule has 3 N–H and O–H groups in total. The summed E-state index contributed by atoms with van der Waals surface area (Å²) < 4.78 is 53.1. The van der Waals surface area contributed by atoms with Crippen LogP contribution in [0.1, 0.15) is 56.2 Å². The van der Waals surface area contributed by atoms with Gasteiger partial charge in [-0.3, -0.25) is 4.90 Å². The van der Waals surface area contributed by atoms with Gasteiger partial charge in [0.1, 0.15) is 47.1 Å². The number of alkyl halides is 1. The van der Waals surface area contributed by atoms with E-state index in [1.807, 2.05) is 0 Å². The summed E-state index contributed by atoms with van der Waals surface area (Å²) in [6.07, 6.45) is 11.5. The molecule has 47 heavy (non-hydrogen) atoms. The molecule has 0 amide bonds. The van der Waals surface area contributed by atoms with Gasteiger partial charge in [0.15, 0.2) is 5.82 Å². The van der Waals surface area contributed by atoms with Gasteiger partial charge in [-0.15, -0.1) is 6.42 Å². The summed E-state index contributed by atoms with van der Waals surface area (Å²) in [5.74, 6) is 1.80. The Kier molecular flexibility index (Phi) is 6.57. The fourth-order valence-electron chi connectivity index (χ4n) is 9.09. The predicted molar refractivity (Wildman–Crippen MR) is 173 cm³/mol. The van der Waals surface area contributed by atoms with Crippen LogP contribution in [-0.4, -0.2) is 80.9 Å². The van der Waals surface area contributed by atoms with Gasteiger partial charge in [0.05, 0.1) is 22.2 Å². The van der Waals surface area contributed by atoms with E-state index in [0.717, 1.165) is 51.6 Å². The Morgan fingerprint density at radius 3 is 2.83 bits per heavy atom. The fraction of sp³-hybridized carbons (Fsp3) is 0.486. The molecule has 8 heterocycles. The molecule has 4 saturated heterocycles. The highest BCUT2D eigenvalue weighted by atomic mass is 19.1. The number of nitrogens with one attached hydrogen (secondary N) is 1. The highest BCUT2D eigenvalue weighted by Gasteiger charge is 2.49. The smallest absolute Gasteiger partial charge is 0.319 e. The van der Waals surface area contributed by atoms with Crippen LogP contribution in [0.2, 0.25) is 0 Å². The zero-order valence-corrected chi connectivity index (χ0v) is 25.9. The molecular weight excluding hydrogens is 605 g/mol. The molecule has 12 heteroatoms. The predicted octanol–water partition coefficient (Wildman–Crippen LogP) is 4.68. The first kappa shape index (κ1) is 29.0. The van der Waals surface area contributed by atoms with E-state index in [1.165, 1.54) is 6.07 Å². The standard InChI is InChI=1S/C35H35F3N8O/c1-2-21-22(37)9-7-18-13-26(39)42-31(27(18)21)32-29(38)30-28-24(41-32)5-3-6-25-23-10-8-20(40-23)16-46(25)33(28)44-34(43-30)47-17-35-11-4-12-45(35)15-19(36)14-35/h1,7,9,13,19-20,23,25,40H,3-6,8,10-12,14-17H2,(H2,39,42)/t19-,20-,23+,25-,35+/m1/s1. The summed E-state index contributed by atoms with van der Waals surface area (Å²) in [7, 11) is 0. The van der Waals surface area contributed by atoms with Crippen LogP contribution in [0.25, 0.3) is 33.1 Å². The minimum atomic E-state index is -0.908. The summed E-state index contributed by atoms with van der Waals surface area (Å²) in [4.78, 5) is 23.5. The molecule has 2 bridgehead atoms. The van der Waals surface area contributed by atoms with Crippen LogP contribution < -0.4 is 20.7 Å². The van der Waals surface area contributed by atoms with Crippen molar-refractivity contribution in [2.45, 2.75) is 81.2 Å². The minimum Gasteiger partial charge on any atom is -0.461 e. The highest BCUT2D eigenvalue weighted by Crippen LogP contribution is 2.44. The van der Waals surface area contributed by atoms with Gasteiger partial charge in [0.25, 0.3) is 0 Å². The zero-order valence-electron chi connectivity index (χ0n) is 25.9. The third-order valence-electron chi connectivity index (χ3n) is 11.1. The van der Waals surface area contributed by atoms with Crippen molar-refractivity contribution in [3.05, 3.63) is 41.1 Å². The van der Waals surface area contributed by atoms with Gasteiger partial charge >= 0.3 is 6.01 Å². The largest absolute Gasteiger partial charge is 0.461 e. The van der Waals surface area contributed by atoms with Gasteiger partial charge < -0.3 is 20.7 Å². The van der Waals surface area contributed by atoms with Gasteiger partial charge in [0, 0.05) is 43.0 Å². The number of hydrogen-bond acceptors (Lipinski definition) is 9. The van der Waals surface area contributed by atoms with Crippen molar-refractivity contribution >= 4 is 33.3 Å². The molecule has 0 radical (unpaired) electrons. The molecule has 0 aliphatic carbocycles. The average Bonchev–Trinajstić information content (AvgIpc) is 3.72. The molecular formula is C35H35F3N8O. The lowest BCUT2D eigenvalue weighted by Gasteiger charge is -2.43. The van der Waals surface area contributed by atoms with E-state index in [2.05, 4.69) is 26.0 Å². The number of fused-ring (bicyclic) bond motifs is 7. The van der Waals surface area contributed by atoms with Crippen molar-refractivity contribution in [2.75, 3.05) is 36.9 Å². The van der Waals surface area contributed by atoms with Crippen LogP contribution in [0.4, 0.5) is 24.8 Å². The highest BCUT2D eigenvalue weighted by molar-refractivity contribution is 6.02. The average molecular weight is 641 g/mol. The second-order valence-corrected chi connectivity index (χ2v) is 13.9. The van der Waals surface area contributed by atoms with Crippen LogP contribution in [0.3, 0.4) is 0 Å². The maximum absolute atomic E-state index is 17.2. The summed E-state index contributed by atoms with van der Waals surface area (Å²) in [5, 5.41) is 5.10. The van der Waals surface area contributed by atoms with E-state index in [-0.39, 0.29) is 52.3 Å². The van der Waals surface area contributed by atoms with Crippen molar-refractivity contribution in [3.8, 4) is 29.7 Å². The van der Waals surface area contributed by atoms with E-state index in [1.54, 1.807) is 12.1 Å². The number of anilines is 2. The van der Waals surface area contributed by atoms with Crippen molar-refractivity contribution in [1.82, 2.24) is 30.2 Å². The molecule has 3 aromatic heterocycles. The van der Waals surface area contributed by atoms with Crippen LogP contribution in [0.5, 0.6) is 6.01 Å². The monoisotopic (exact) mass is 640 g/mol. The number of rotatable bonds is 4. The summed E-state index contributed by atoms with van der Waals surface area (Å²) in [6.45, 7) is 2.16. The zero-order chi connectivity index (χ0) is 32.0. The van der Waals surface area contributed by atoms with Gasteiger partial charge in [-0.25, -0.2) is 23.1 Å². The minimum absolute atomic E-state index is 0.0383. The number of aryl methyl sites for hydroxylation is 1. The van der Waals surface area contributed by atoms with E-state index in [0.29, 0.717) is 53.8 Å². The molecule has 5 aliphatic heterocycles. The van der Waals surface area contributed by atoms with Crippen molar-refractivity contribution in [3.63, 3.8) is 0 Å². The van der Waals surface area contributed by atoms with E-state index in [4.69, 9.17) is 31.8 Å². The van der Waals surface area contributed by atoms with E-state index < -0.39 is 23.3 Å². The number of nitrogens with two attached hydrogens (primary N) is 1. The third kappa shape index (κ3) is 4.46. The van der Waals surface area contributed by atoms with Gasteiger partial charge in [-0.05, 0) is 69.0 Å². The molecule has 4 aromatic rings. The lowest BCUT2D eigenvalue weighted by molar-refractivity contribution is 0.107. The maximum Gasteiger partial charge on any atom is 0.319 e. The Bertz CT molecular complexity index is 2000. The number of nitrogen functional groups attached to an aromatic ring is 1. The van der Waals surface area contributed by atoms with Crippen molar-refractivity contribution < 1.29 is 17.9 Å². The molecule has 5 atom stereocenters. The molecule has 9 rings (SSSR count). The Balaban J connectivity index is 1.26. The number of pyridine rings is 2. The van der Waals surface area contributed by atoms with Gasteiger partial charge in [-0.2, -0.15) is 9.97 Å². The number of benzene rings is 1. The molecule has 9 nitrogen and oxygen atoms in total. The van der Waals surface area contributed by atoms with E-state index in [9.17, 15) is 8.78 Å². The quantitative estimate of drug-likeness (QED) is 0.308. The number of piperazine rings is 1. The Morgan fingerprint density at radius 1 is 1.06 bits per heavy atom. The number of halogens is 3. The Morgan fingerprint density at radius 2 is 1.96 bits per heavy atom. The second kappa shape index (κ2) is 10.7. The van der Waals surface area contributed by atoms with Crippen LogP contribution >= 0.6 is 0 Å². The Hall–Kier alpha value is -4.21. The summed E-state index contributed by atoms with van der Waals surface area (Å²) in [5.41, 5.74) is 6.38. The first-order valence-electron chi connectivity index (χ1n) is 16.6. The van der Waals surface area contributed by atoms with Crippen LogP contribution in [0.15, 0.2) is 18.2 Å². The van der Waals surface area contributed by atoms with Crippen LogP contribution in [-0.2, 0) is 6.42 Å². The summed E-state index contributed by atoms with van der Waals surface area (Å²) >= 11 is 0. The molecule has 1 aromatic carbocycles. The first-order valence-corrected chi connectivity index (χ1v) is 16.6. The Labute approximate surface area is 270 Å². The molecule has 4 fully saturated rings. The van der Waals surface area contributed by atoms with Crippen molar-refractivity contribution in [2.24, 2.45) is 0 Å². The first-order chi connectivity index (χ1) is 22.8. The third-order valence-corrected chi connectivity index (χ3v) is 11.1. The SMILES string of the molecule is C#Cc1c(F)ccc2cc(N)nc(-c3nc4c5c(nc(OC[C@@]67CCCN6C[C@H](F)C7)nc5c3F)N3C[C@H]5CC[C@H](N5)[C@H]3CCC4)c12. The number of ether oxygens (including phenoxy) is 1. The van der Waals surface area contributed by atoms with E-state index >= 15 is 4.39 Å². The molecule has 5 aliphatic rings. The molecule has 0 unspecified atom stereocenters. The number of aromatic nitrogens is 4. The number of hydrogen-bond donors (Lipinski definition) is 2. The summed E-state index contributed by atoms with van der Waals surface area (Å²) in [6, 6.07) is 5.24. The van der Waals surface area contributed by atoms with Gasteiger partial charge in [0.2, 0.25) is 0 Å². The normalized spacial score (nSPS) is 28.3. The number of terminal acetylenes is 1. The van der Waals surface area contributed by atoms with Crippen molar-refractivity contribution in [1.29, 1.82) is 0 Å². The lowest BCUT2D eigenvalue weighted by atomic mass is 9.93. The second-order valence-electron chi connectivity index (χ2n) is 13.9. The lowest BCUT2D eigenvalue weighted by Crippen LogP contribution is -2.58. The van der Waals surface area contributed by atoms with Crippen LogP contribution in [0, 0.1) is 24.0 Å². The fourth-order valence-corrected chi connectivity index (χ4v) is 9.09. The van der Waals surface area contributed by atoms with Gasteiger partial charge in [-0.1, -0.05) is 12.0 Å².